The van der Waals surface area contributed by atoms with Gasteiger partial charge in [0.25, 0.3) is 0 Å². The monoisotopic (exact) mass is 309 g/mol. The van der Waals surface area contributed by atoms with Crippen molar-refractivity contribution in [1.29, 1.82) is 0 Å². The molecule has 0 unspecified atom stereocenters. The van der Waals surface area contributed by atoms with Crippen molar-refractivity contribution in [3.8, 4) is 11.5 Å². The molecular formula is C17H25O5. The summed E-state index contributed by atoms with van der Waals surface area (Å²) in [7, 11) is 3.05. The van der Waals surface area contributed by atoms with Gasteiger partial charge in [-0.05, 0) is 31.5 Å². The Morgan fingerprint density at radius 3 is 2.36 bits per heavy atom. The normalized spacial score (nSPS) is 10.6. The van der Waals surface area contributed by atoms with Crippen molar-refractivity contribution in [2.75, 3.05) is 14.2 Å². The number of hydrogen-bond acceptors (Lipinski definition) is 5. The lowest BCUT2D eigenvalue weighted by molar-refractivity contribution is -0.233. The van der Waals surface area contributed by atoms with Crippen molar-refractivity contribution in [3.05, 3.63) is 29.9 Å². The quantitative estimate of drug-likeness (QED) is 0.366. The summed E-state index contributed by atoms with van der Waals surface area (Å²) in [6.07, 6.45) is 6.07. The fraction of sp³-hybridized carbons (Fsp3) is 0.529. The highest BCUT2D eigenvalue weighted by Gasteiger charge is 2.15. The number of rotatable bonds is 10. The summed E-state index contributed by atoms with van der Waals surface area (Å²) in [6, 6.07) is 4.81. The summed E-state index contributed by atoms with van der Waals surface area (Å²) in [6.45, 7) is 3.98. The molecule has 123 valence electrons. The van der Waals surface area contributed by atoms with Gasteiger partial charge in [-0.3, -0.25) is 4.89 Å². The van der Waals surface area contributed by atoms with Gasteiger partial charge in [0, 0.05) is 0 Å². The summed E-state index contributed by atoms with van der Waals surface area (Å²) in [5, 5.41) is 0. The predicted molar refractivity (Wildman–Crippen MR) is 83.7 cm³/mol. The largest absolute Gasteiger partial charge is 0.493 e. The average Bonchev–Trinajstić information content (AvgIpc) is 2.55. The van der Waals surface area contributed by atoms with Crippen LogP contribution in [-0.4, -0.2) is 20.2 Å². The standard InChI is InChI=1S/C17H25O5/c1-5-6-7-8-9-13(2)21-22-17(18)14-10-11-15(19-3)16(12-14)20-4/h10-12H,5-9H2,1-4H3. The summed E-state index contributed by atoms with van der Waals surface area (Å²) in [4.78, 5) is 21.8. The smallest absolute Gasteiger partial charge is 0.373 e. The van der Waals surface area contributed by atoms with E-state index in [-0.39, 0.29) is 0 Å². The molecule has 0 fully saturated rings. The van der Waals surface area contributed by atoms with E-state index in [1.807, 2.05) is 6.92 Å². The van der Waals surface area contributed by atoms with Crippen molar-refractivity contribution >= 4 is 5.97 Å². The fourth-order valence-corrected chi connectivity index (χ4v) is 1.96. The zero-order valence-corrected chi connectivity index (χ0v) is 13.8. The lowest BCUT2D eigenvalue weighted by Crippen LogP contribution is -2.09. The van der Waals surface area contributed by atoms with E-state index in [1.54, 1.807) is 18.2 Å². The molecule has 0 saturated carbocycles. The molecule has 5 heteroatoms. The number of benzene rings is 1. The number of carbonyl (C=O) groups excluding carboxylic acids is 1. The molecule has 0 N–H and O–H groups in total. The molecule has 1 aromatic rings. The minimum absolute atomic E-state index is 0.344. The van der Waals surface area contributed by atoms with E-state index < -0.39 is 5.97 Å². The zero-order chi connectivity index (χ0) is 16.4. The van der Waals surface area contributed by atoms with Gasteiger partial charge in [0.15, 0.2) is 11.5 Å². The highest BCUT2D eigenvalue weighted by atomic mass is 17.2. The van der Waals surface area contributed by atoms with E-state index >= 15 is 0 Å². The minimum atomic E-state index is -0.561. The topological polar surface area (TPSA) is 54.0 Å². The molecule has 0 aliphatic rings. The Hall–Kier alpha value is -1.75. The predicted octanol–water partition coefficient (Wildman–Crippen LogP) is 4.31. The molecule has 0 atom stereocenters. The summed E-state index contributed by atoms with van der Waals surface area (Å²) >= 11 is 0. The highest BCUT2D eigenvalue weighted by molar-refractivity contribution is 5.89. The first-order chi connectivity index (χ1) is 10.6. The molecule has 0 bridgehead atoms. The molecule has 0 spiro atoms. The van der Waals surface area contributed by atoms with Crippen molar-refractivity contribution in [2.24, 2.45) is 0 Å². The Morgan fingerprint density at radius 2 is 1.73 bits per heavy atom. The van der Waals surface area contributed by atoms with Gasteiger partial charge < -0.3 is 9.47 Å². The maximum atomic E-state index is 11.9. The van der Waals surface area contributed by atoms with Crippen molar-refractivity contribution in [2.45, 2.75) is 46.0 Å². The van der Waals surface area contributed by atoms with Crippen LogP contribution in [-0.2, 0) is 9.78 Å². The molecule has 0 heterocycles. The maximum Gasteiger partial charge on any atom is 0.373 e. The second-order valence-corrected chi connectivity index (χ2v) is 5.04. The number of methoxy groups -OCH3 is 2. The molecule has 0 aromatic heterocycles. The van der Waals surface area contributed by atoms with Crippen LogP contribution in [0.15, 0.2) is 18.2 Å². The van der Waals surface area contributed by atoms with E-state index in [1.165, 1.54) is 27.1 Å². The third kappa shape index (κ3) is 5.93. The molecule has 1 rings (SSSR count). The van der Waals surface area contributed by atoms with Gasteiger partial charge in [-0.25, -0.2) is 4.79 Å². The first-order valence-corrected chi connectivity index (χ1v) is 7.55. The Kier molecular flexibility index (Phi) is 8.36. The van der Waals surface area contributed by atoms with Crippen LogP contribution in [0.5, 0.6) is 11.5 Å². The van der Waals surface area contributed by atoms with E-state index in [2.05, 4.69) is 6.92 Å². The average molecular weight is 309 g/mol. The van der Waals surface area contributed by atoms with E-state index in [9.17, 15) is 4.79 Å². The molecular weight excluding hydrogens is 284 g/mol. The van der Waals surface area contributed by atoms with Gasteiger partial charge >= 0.3 is 5.97 Å². The van der Waals surface area contributed by atoms with Crippen molar-refractivity contribution in [1.82, 2.24) is 0 Å². The van der Waals surface area contributed by atoms with Crippen molar-refractivity contribution in [3.63, 3.8) is 0 Å². The fourth-order valence-electron chi connectivity index (χ4n) is 1.96. The lowest BCUT2D eigenvalue weighted by Gasteiger charge is -2.11. The third-order valence-electron chi connectivity index (χ3n) is 3.26. The van der Waals surface area contributed by atoms with Crippen LogP contribution in [0.1, 0.15) is 56.3 Å². The molecule has 5 nitrogen and oxygen atoms in total. The third-order valence-corrected chi connectivity index (χ3v) is 3.26. The van der Waals surface area contributed by atoms with Gasteiger partial charge in [0.2, 0.25) is 0 Å². The molecule has 0 aliphatic carbocycles. The first-order valence-electron chi connectivity index (χ1n) is 7.55. The molecule has 22 heavy (non-hydrogen) atoms. The molecule has 1 radical (unpaired) electrons. The zero-order valence-electron chi connectivity index (χ0n) is 13.8. The van der Waals surface area contributed by atoms with Gasteiger partial charge in [-0.15, -0.1) is 0 Å². The Labute approximate surface area is 132 Å². The van der Waals surface area contributed by atoms with E-state index in [0.29, 0.717) is 23.2 Å². The summed E-state index contributed by atoms with van der Waals surface area (Å²) in [5.74, 6) is 0.463. The van der Waals surface area contributed by atoms with Crippen LogP contribution in [0.2, 0.25) is 0 Å². The minimum Gasteiger partial charge on any atom is -0.493 e. The van der Waals surface area contributed by atoms with E-state index in [4.69, 9.17) is 19.2 Å². The number of ether oxygens (including phenoxy) is 2. The molecule has 0 saturated heterocycles. The van der Waals surface area contributed by atoms with Crippen LogP contribution in [0, 0.1) is 6.10 Å². The maximum absolute atomic E-state index is 11.9. The summed E-state index contributed by atoms with van der Waals surface area (Å²) < 4.78 is 10.3. The van der Waals surface area contributed by atoms with Gasteiger partial charge in [-0.1, -0.05) is 32.6 Å². The highest BCUT2D eigenvalue weighted by Crippen LogP contribution is 2.28. The SMILES string of the molecule is CCCCCC[C](C)OOC(=O)c1ccc(OC)c(OC)c1. The van der Waals surface area contributed by atoms with Crippen LogP contribution in [0.3, 0.4) is 0 Å². The second kappa shape index (κ2) is 10.1. The Morgan fingerprint density at radius 1 is 1.00 bits per heavy atom. The Balaban J connectivity index is 2.45. The van der Waals surface area contributed by atoms with Gasteiger partial charge in [-0.2, -0.15) is 4.89 Å². The van der Waals surface area contributed by atoms with E-state index in [0.717, 1.165) is 19.3 Å². The number of carbonyl (C=O) groups is 1. The molecule has 1 aromatic carbocycles. The van der Waals surface area contributed by atoms with Crippen molar-refractivity contribution < 1.29 is 24.0 Å². The first kappa shape index (κ1) is 18.3. The second-order valence-electron chi connectivity index (χ2n) is 5.04. The number of hydrogen-bond donors (Lipinski definition) is 0. The Bertz CT molecular complexity index is 458. The van der Waals surface area contributed by atoms with Crippen LogP contribution in [0.25, 0.3) is 0 Å². The van der Waals surface area contributed by atoms with Crippen LogP contribution in [0.4, 0.5) is 0 Å². The lowest BCUT2D eigenvalue weighted by atomic mass is 10.1. The molecule has 0 aliphatic heterocycles. The number of unbranched alkanes of at least 4 members (excludes halogenated alkanes) is 3. The van der Waals surface area contributed by atoms with Gasteiger partial charge in [0.05, 0.1) is 19.8 Å². The van der Waals surface area contributed by atoms with Crippen LogP contribution < -0.4 is 9.47 Å². The molecule has 0 amide bonds. The van der Waals surface area contributed by atoms with Crippen LogP contribution >= 0.6 is 0 Å². The van der Waals surface area contributed by atoms with Gasteiger partial charge in [0.1, 0.15) is 6.10 Å². The summed E-state index contributed by atoms with van der Waals surface area (Å²) in [5.41, 5.74) is 0.344.